The molecule has 1 heterocycles. The van der Waals surface area contributed by atoms with Crippen LogP contribution in [0.15, 0.2) is 11.6 Å². The molecule has 0 aromatic rings. The lowest BCUT2D eigenvalue weighted by Crippen LogP contribution is -2.51. The molecule has 1 fully saturated rings. The molecule has 0 saturated carbocycles. The predicted molar refractivity (Wildman–Crippen MR) is 74.3 cm³/mol. The number of allylic oxidation sites excluding steroid dienone is 2. The maximum absolute atomic E-state index is 6.01. The lowest BCUT2D eigenvalue weighted by atomic mass is 9.63. The molecular formula is C16H28O2. The van der Waals surface area contributed by atoms with Gasteiger partial charge in [0.15, 0.2) is 6.29 Å². The summed E-state index contributed by atoms with van der Waals surface area (Å²) in [4.78, 5) is 0. The molecule has 2 aliphatic rings. The molecular weight excluding hydrogens is 224 g/mol. The van der Waals surface area contributed by atoms with Crippen LogP contribution in [0.3, 0.4) is 0 Å². The molecule has 2 rings (SSSR count). The van der Waals surface area contributed by atoms with Crippen molar-refractivity contribution in [2.24, 2.45) is 23.2 Å². The molecule has 1 spiro atoms. The molecule has 1 saturated heterocycles. The van der Waals surface area contributed by atoms with Gasteiger partial charge in [-0.2, -0.15) is 0 Å². The van der Waals surface area contributed by atoms with Crippen molar-refractivity contribution >= 4 is 0 Å². The highest BCUT2D eigenvalue weighted by molar-refractivity contribution is 5.13. The average molecular weight is 252 g/mol. The van der Waals surface area contributed by atoms with Crippen molar-refractivity contribution in [1.29, 1.82) is 0 Å². The van der Waals surface area contributed by atoms with Gasteiger partial charge in [0.1, 0.15) is 0 Å². The second kappa shape index (κ2) is 5.34. The van der Waals surface area contributed by atoms with Crippen LogP contribution in [-0.2, 0) is 9.47 Å². The van der Waals surface area contributed by atoms with E-state index in [2.05, 4.69) is 40.7 Å². The lowest BCUT2D eigenvalue weighted by molar-refractivity contribution is -0.254. The molecule has 104 valence electrons. The van der Waals surface area contributed by atoms with E-state index in [-0.39, 0.29) is 11.7 Å². The van der Waals surface area contributed by atoms with Gasteiger partial charge in [0.05, 0.1) is 13.2 Å². The van der Waals surface area contributed by atoms with Crippen LogP contribution in [0.5, 0.6) is 0 Å². The molecule has 0 aromatic carbocycles. The van der Waals surface area contributed by atoms with E-state index in [4.69, 9.17) is 9.47 Å². The summed E-state index contributed by atoms with van der Waals surface area (Å²) in [5.74, 6) is 1.84. The first kappa shape index (κ1) is 14.1. The van der Waals surface area contributed by atoms with Crippen LogP contribution >= 0.6 is 0 Å². The third-order valence-corrected chi connectivity index (χ3v) is 4.79. The van der Waals surface area contributed by atoms with E-state index in [0.717, 1.165) is 19.6 Å². The smallest absolute Gasteiger partial charge is 0.157 e. The Morgan fingerprint density at radius 2 is 1.89 bits per heavy atom. The molecule has 0 amide bonds. The van der Waals surface area contributed by atoms with Gasteiger partial charge < -0.3 is 9.47 Å². The number of hydrogen-bond acceptors (Lipinski definition) is 2. The van der Waals surface area contributed by atoms with Gasteiger partial charge in [-0.1, -0.05) is 39.3 Å². The quantitative estimate of drug-likeness (QED) is 0.691. The van der Waals surface area contributed by atoms with Crippen LogP contribution in [0.2, 0.25) is 0 Å². The summed E-state index contributed by atoms with van der Waals surface area (Å²) in [5.41, 5.74) is 1.72. The summed E-state index contributed by atoms with van der Waals surface area (Å²) in [5, 5.41) is 0. The minimum absolute atomic E-state index is 0.0158. The number of hydrogen-bond donors (Lipinski definition) is 0. The summed E-state index contributed by atoms with van der Waals surface area (Å²) < 4.78 is 12.0. The van der Waals surface area contributed by atoms with E-state index < -0.39 is 0 Å². The van der Waals surface area contributed by atoms with Crippen LogP contribution in [0.1, 0.15) is 47.5 Å². The van der Waals surface area contributed by atoms with Gasteiger partial charge >= 0.3 is 0 Å². The molecule has 0 radical (unpaired) electrons. The first-order valence-electron chi connectivity index (χ1n) is 7.34. The van der Waals surface area contributed by atoms with E-state index in [0.29, 0.717) is 17.8 Å². The fraction of sp³-hybridized carbons (Fsp3) is 0.875. The molecule has 0 aromatic heterocycles. The molecule has 1 aliphatic heterocycles. The first-order valence-corrected chi connectivity index (χ1v) is 7.34. The van der Waals surface area contributed by atoms with Crippen LogP contribution in [-0.4, -0.2) is 19.5 Å². The summed E-state index contributed by atoms with van der Waals surface area (Å²) in [6.45, 7) is 13.1. The molecule has 18 heavy (non-hydrogen) atoms. The molecule has 0 unspecified atom stereocenters. The molecule has 2 heteroatoms. The van der Waals surface area contributed by atoms with Crippen molar-refractivity contribution < 1.29 is 9.47 Å². The molecule has 2 nitrogen and oxygen atoms in total. The Morgan fingerprint density at radius 1 is 1.28 bits per heavy atom. The fourth-order valence-electron chi connectivity index (χ4n) is 3.45. The predicted octanol–water partition coefficient (Wildman–Crippen LogP) is 4.01. The Labute approximate surface area is 112 Å². The molecule has 0 N–H and O–H groups in total. The summed E-state index contributed by atoms with van der Waals surface area (Å²) in [6.07, 6.45) is 4.62. The Morgan fingerprint density at radius 3 is 2.39 bits per heavy atom. The van der Waals surface area contributed by atoms with Gasteiger partial charge in [-0.05, 0) is 31.1 Å². The number of rotatable bonds is 2. The SMILES string of the molecule is CC1=C[C@@H](C)C2(COC(CC(C)C)OC2)[C@H](C)C1. The second-order valence-electron chi connectivity index (χ2n) is 6.82. The van der Waals surface area contributed by atoms with Gasteiger partial charge in [-0.15, -0.1) is 0 Å². The Kier molecular flexibility index (Phi) is 4.18. The van der Waals surface area contributed by atoms with Gasteiger partial charge in [0, 0.05) is 11.8 Å². The van der Waals surface area contributed by atoms with Crippen LogP contribution in [0.25, 0.3) is 0 Å². The molecule has 2 atom stereocenters. The first-order chi connectivity index (χ1) is 8.44. The van der Waals surface area contributed by atoms with Crippen molar-refractivity contribution in [3.8, 4) is 0 Å². The zero-order valence-electron chi connectivity index (χ0n) is 12.5. The van der Waals surface area contributed by atoms with Crippen molar-refractivity contribution in [3.63, 3.8) is 0 Å². The van der Waals surface area contributed by atoms with E-state index in [1.54, 1.807) is 0 Å². The van der Waals surface area contributed by atoms with Gasteiger partial charge in [-0.3, -0.25) is 0 Å². The third kappa shape index (κ3) is 2.65. The van der Waals surface area contributed by atoms with Crippen molar-refractivity contribution in [1.82, 2.24) is 0 Å². The highest BCUT2D eigenvalue weighted by Gasteiger charge is 2.46. The van der Waals surface area contributed by atoms with Crippen LogP contribution < -0.4 is 0 Å². The topological polar surface area (TPSA) is 18.5 Å². The van der Waals surface area contributed by atoms with Crippen LogP contribution in [0, 0.1) is 23.2 Å². The monoisotopic (exact) mass is 252 g/mol. The summed E-state index contributed by atoms with van der Waals surface area (Å²) in [6, 6.07) is 0. The van der Waals surface area contributed by atoms with E-state index in [9.17, 15) is 0 Å². The van der Waals surface area contributed by atoms with Crippen molar-refractivity contribution in [2.75, 3.05) is 13.2 Å². The maximum Gasteiger partial charge on any atom is 0.157 e. The highest BCUT2D eigenvalue weighted by atomic mass is 16.7. The normalized spacial score (nSPS) is 41.2. The largest absolute Gasteiger partial charge is 0.352 e. The van der Waals surface area contributed by atoms with Crippen molar-refractivity contribution in [3.05, 3.63) is 11.6 Å². The van der Waals surface area contributed by atoms with Crippen LogP contribution in [0.4, 0.5) is 0 Å². The zero-order valence-corrected chi connectivity index (χ0v) is 12.5. The minimum Gasteiger partial charge on any atom is -0.352 e. The summed E-state index contributed by atoms with van der Waals surface area (Å²) in [7, 11) is 0. The van der Waals surface area contributed by atoms with Gasteiger partial charge in [0.25, 0.3) is 0 Å². The standard InChI is InChI=1S/C16H28O2/c1-11(2)6-15-17-9-16(10-18-15)13(4)7-12(3)8-14(16)5/h7,11,13-15H,6,8-10H2,1-5H3/t13-,14-,15?,16?/m1/s1. The highest BCUT2D eigenvalue weighted by Crippen LogP contribution is 2.47. The Bertz CT molecular complexity index is 311. The second-order valence-corrected chi connectivity index (χ2v) is 6.82. The maximum atomic E-state index is 6.01. The van der Waals surface area contributed by atoms with E-state index >= 15 is 0 Å². The van der Waals surface area contributed by atoms with Gasteiger partial charge in [0.2, 0.25) is 0 Å². The van der Waals surface area contributed by atoms with Gasteiger partial charge in [-0.25, -0.2) is 0 Å². The number of ether oxygens (including phenoxy) is 2. The summed E-state index contributed by atoms with van der Waals surface area (Å²) >= 11 is 0. The third-order valence-electron chi connectivity index (χ3n) is 4.79. The average Bonchev–Trinajstić information content (AvgIpc) is 2.27. The molecule has 1 aliphatic carbocycles. The minimum atomic E-state index is 0.0158. The van der Waals surface area contributed by atoms with E-state index in [1.807, 2.05) is 0 Å². The zero-order chi connectivity index (χ0) is 13.3. The Hall–Kier alpha value is -0.340. The van der Waals surface area contributed by atoms with Crippen molar-refractivity contribution in [2.45, 2.75) is 53.8 Å². The van der Waals surface area contributed by atoms with E-state index in [1.165, 1.54) is 12.0 Å². The molecule has 0 bridgehead atoms. The lowest BCUT2D eigenvalue weighted by Gasteiger charge is -2.49. The Balaban J connectivity index is 2.02. The fourth-order valence-corrected chi connectivity index (χ4v) is 3.45.